The third-order valence-corrected chi connectivity index (χ3v) is 5.51. The second-order valence-corrected chi connectivity index (χ2v) is 7.87. The first kappa shape index (κ1) is 22.0. The molecule has 2 rings (SSSR count). The molecule has 7 nitrogen and oxygen atoms in total. The highest BCUT2D eigenvalue weighted by Crippen LogP contribution is 2.24. The van der Waals surface area contributed by atoms with E-state index in [9.17, 15) is 13.2 Å². The van der Waals surface area contributed by atoms with Crippen molar-refractivity contribution in [1.82, 2.24) is 5.32 Å². The van der Waals surface area contributed by atoms with Crippen LogP contribution in [0.4, 0.5) is 5.69 Å². The standard InChI is InChI=1S/C19H23ClN2O5S/c1-3-27-12-4-11-21-19(23)17-13-14(5-10-18(17)20)22-28(24,25)16-8-6-15(26-2)7-9-16/h5-10,13,22H,3-4,11-12H2,1-2H3,(H,21,23). The molecule has 2 aromatic rings. The van der Waals surface area contributed by atoms with Crippen LogP contribution in [-0.4, -0.2) is 41.2 Å². The molecule has 2 N–H and O–H groups in total. The van der Waals surface area contributed by atoms with Gasteiger partial charge in [0.05, 0.1) is 22.6 Å². The predicted octanol–water partition coefficient (Wildman–Crippen LogP) is 3.31. The lowest BCUT2D eigenvalue weighted by Crippen LogP contribution is -2.25. The number of rotatable bonds is 10. The number of carbonyl (C=O) groups excluding carboxylic acids is 1. The van der Waals surface area contributed by atoms with Gasteiger partial charge < -0.3 is 14.8 Å². The van der Waals surface area contributed by atoms with Gasteiger partial charge in [0.25, 0.3) is 15.9 Å². The molecule has 28 heavy (non-hydrogen) atoms. The second-order valence-electron chi connectivity index (χ2n) is 5.78. The Morgan fingerprint density at radius 1 is 1.14 bits per heavy atom. The van der Waals surface area contributed by atoms with Crippen LogP contribution in [0.15, 0.2) is 47.4 Å². The molecule has 0 atom stereocenters. The van der Waals surface area contributed by atoms with E-state index in [1.54, 1.807) is 12.1 Å². The summed E-state index contributed by atoms with van der Waals surface area (Å²) in [5.41, 5.74) is 0.424. The predicted molar refractivity (Wildman–Crippen MR) is 109 cm³/mol. The van der Waals surface area contributed by atoms with E-state index in [1.807, 2.05) is 6.92 Å². The first-order valence-corrected chi connectivity index (χ1v) is 10.6. The first-order chi connectivity index (χ1) is 13.4. The third kappa shape index (κ3) is 6.12. The fraction of sp³-hybridized carbons (Fsp3) is 0.316. The van der Waals surface area contributed by atoms with Gasteiger partial charge in [-0.3, -0.25) is 9.52 Å². The van der Waals surface area contributed by atoms with E-state index in [2.05, 4.69) is 10.0 Å². The van der Waals surface area contributed by atoms with Crippen molar-refractivity contribution in [2.45, 2.75) is 18.2 Å². The van der Waals surface area contributed by atoms with Crippen LogP contribution < -0.4 is 14.8 Å². The number of ether oxygens (including phenoxy) is 2. The van der Waals surface area contributed by atoms with Gasteiger partial charge in [0.15, 0.2) is 0 Å². The van der Waals surface area contributed by atoms with Gasteiger partial charge in [0.2, 0.25) is 0 Å². The van der Waals surface area contributed by atoms with E-state index in [1.165, 1.54) is 37.4 Å². The zero-order valence-electron chi connectivity index (χ0n) is 15.7. The Bertz CT molecular complexity index is 901. The number of amides is 1. The Balaban J connectivity index is 2.09. The Morgan fingerprint density at radius 3 is 2.50 bits per heavy atom. The van der Waals surface area contributed by atoms with Crippen molar-refractivity contribution in [3.05, 3.63) is 53.1 Å². The minimum atomic E-state index is -3.82. The van der Waals surface area contributed by atoms with E-state index in [-0.39, 0.29) is 27.1 Å². The maximum atomic E-state index is 12.5. The fourth-order valence-corrected chi connectivity index (χ4v) is 3.60. The number of benzene rings is 2. The SMILES string of the molecule is CCOCCCNC(=O)c1cc(NS(=O)(=O)c2ccc(OC)cc2)ccc1Cl. The molecule has 9 heteroatoms. The molecular formula is C19H23ClN2O5S. The molecule has 1 amide bonds. The van der Waals surface area contributed by atoms with Crippen molar-refractivity contribution in [3.63, 3.8) is 0 Å². The molecule has 0 aliphatic carbocycles. The minimum absolute atomic E-state index is 0.0742. The van der Waals surface area contributed by atoms with Crippen LogP contribution in [0.3, 0.4) is 0 Å². The summed E-state index contributed by atoms with van der Waals surface area (Å²) >= 11 is 6.10. The molecular weight excluding hydrogens is 404 g/mol. The van der Waals surface area contributed by atoms with Gasteiger partial charge in [-0.1, -0.05) is 11.6 Å². The molecule has 0 saturated carbocycles. The largest absolute Gasteiger partial charge is 0.497 e. The van der Waals surface area contributed by atoms with Crippen LogP contribution in [0.5, 0.6) is 5.75 Å². The first-order valence-electron chi connectivity index (χ1n) is 8.69. The van der Waals surface area contributed by atoms with Crippen LogP contribution in [0, 0.1) is 0 Å². The van der Waals surface area contributed by atoms with Gasteiger partial charge in [-0.25, -0.2) is 8.42 Å². The van der Waals surface area contributed by atoms with Gasteiger partial charge in [-0.2, -0.15) is 0 Å². The highest BCUT2D eigenvalue weighted by Gasteiger charge is 2.17. The van der Waals surface area contributed by atoms with Gasteiger partial charge in [0.1, 0.15) is 5.75 Å². The third-order valence-electron chi connectivity index (χ3n) is 3.79. The van der Waals surface area contributed by atoms with E-state index in [0.717, 1.165) is 0 Å². The molecule has 0 aliphatic heterocycles. The quantitative estimate of drug-likeness (QED) is 0.568. The molecule has 0 radical (unpaired) electrons. The molecule has 152 valence electrons. The van der Waals surface area contributed by atoms with Crippen LogP contribution in [0.1, 0.15) is 23.7 Å². The highest BCUT2D eigenvalue weighted by molar-refractivity contribution is 7.92. The minimum Gasteiger partial charge on any atom is -0.497 e. The average molecular weight is 427 g/mol. The highest BCUT2D eigenvalue weighted by atomic mass is 35.5. The summed E-state index contributed by atoms with van der Waals surface area (Å²) in [5, 5.41) is 2.97. The molecule has 0 saturated heterocycles. The Morgan fingerprint density at radius 2 is 1.86 bits per heavy atom. The Labute approximate surface area is 170 Å². The lowest BCUT2D eigenvalue weighted by Gasteiger charge is -2.12. The number of methoxy groups -OCH3 is 1. The number of sulfonamides is 1. The molecule has 0 bridgehead atoms. The van der Waals surface area contributed by atoms with E-state index < -0.39 is 10.0 Å². The molecule has 0 fully saturated rings. The lowest BCUT2D eigenvalue weighted by molar-refractivity contribution is 0.0944. The number of carbonyl (C=O) groups is 1. The fourth-order valence-electron chi connectivity index (χ4n) is 2.35. The van der Waals surface area contributed by atoms with Crippen LogP contribution >= 0.6 is 11.6 Å². The van der Waals surface area contributed by atoms with Gasteiger partial charge in [-0.05, 0) is 55.8 Å². The van der Waals surface area contributed by atoms with Crippen molar-refractivity contribution < 1.29 is 22.7 Å². The van der Waals surface area contributed by atoms with Crippen molar-refractivity contribution in [1.29, 1.82) is 0 Å². The summed E-state index contributed by atoms with van der Waals surface area (Å²) in [6.07, 6.45) is 0.668. The van der Waals surface area contributed by atoms with Crippen molar-refractivity contribution >= 4 is 33.2 Å². The Hall–Kier alpha value is -2.29. The Kier molecular flexibility index (Phi) is 8.10. The zero-order valence-corrected chi connectivity index (χ0v) is 17.3. The smallest absolute Gasteiger partial charge is 0.261 e. The van der Waals surface area contributed by atoms with Gasteiger partial charge in [0, 0.05) is 25.4 Å². The summed E-state index contributed by atoms with van der Waals surface area (Å²) in [6.45, 7) is 3.50. The summed E-state index contributed by atoms with van der Waals surface area (Å²) in [4.78, 5) is 12.4. The van der Waals surface area contributed by atoms with Crippen LogP contribution in [0.2, 0.25) is 5.02 Å². The number of hydrogen-bond acceptors (Lipinski definition) is 5. The molecule has 0 unspecified atom stereocenters. The number of anilines is 1. The number of nitrogens with one attached hydrogen (secondary N) is 2. The van der Waals surface area contributed by atoms with Crippen LogP contribution in [-0.2, 0) is 14.8 Å². The molecule has 0 aromatic heterocycles. The molecule has 0 spiro atoms. The normalized spacial score (nSPS) is 11.1. The summed E-state index contributed by atoms with van der Waals surface area (Å²) in [6, 6.07) is 10.3. The van der Waals surface area contributed by atoms with Crippen molar-refractivity contribution in [2.24, 2.45) is 0 Å². The van der Waals surface area contributed by atoms with Crippen LogP contribution in [0.25, 0.3) is 0 Å². The van der Waals surface area contributed by atoms with E-state index in [0.29, 0.717) is 31.9 Å². The zero-order chi connectivity index (χ0) is 20.6. The van der Waals surface area contributed by atoms with Crippen molar-refractivity contribution in [2.75, 3.05) is 31.6 Å². The second kappa shape index (κ2) is 10.3. The van der Waals surface area contributed by atoms with Crippen molar-refractivity contribution in [3.8, 4) is 5.75 Å². The molecule has 0 aliphatic rings. The van der Waals surface area contributed by atoms with E-state index >= 15 is 0 Å². The summed E-state index contributed by atoms with van der Waals surface area (Å²) < 4.78 is 37.8. The average Bonchev–Trinajstić information content (AvgIpc) is 2.69. The van der Waals surface area contributed by atoms with Gasteiger partial charge in [-0.15, -0.1) is 0 Å². The number of halogens is 1. The lowest BCUT2D eigenvalue weighted by atomic mass is 10.2. The summed E-state index contributed by atoms with van der Waals surface area (Å²) in [5.74, 6) is 0.167. The molecule has 2 aromatic carbocycles. The molecule has 0 heterocycles. The van der Waals surface area contributed by atoms with Gasteiger partial charge >= 0.3 is 0 Å². The summed E-state index contributed by atoms with van der Waals surface area (Å²) in [7, 11) is -2.32. The monoisotopic (exact) mass is 426 g/mol. The maximum Gasteiger partial charge on any atom is 0.261 e. The van der Waals surface area contributed by atoms with E-state index in [4.69, 9.17) is 21.1 Å². The topological polar surface area (TPSA) is 93.7 Å². The number of hydrogen-bond donors (Lipinski definition) is 2. The maximum absolute atomic E-state index is 12.5.